The summed E-state index contributed by atoms with van der Waals surface area (Å²) in [6.45, 7) is 7.72. The monoisotopic (exact) mass is 408 g/mol. The van der Waals surface area contributed by atoms with Crippen molar-refractivity contribution in [1.82, 2.24) is 9.21 Å². The molecule has 2 heterocycles. The number of cyclic esters (lactones) is 1. The van der Waals surface area contributed by atoms with E-state index in [9.17, 15) is 13.2 Å². The number of piperidine rings is 1. The Labute approximate surface area is 168 Å². The van der Waals surface area contributed by atoms with Crippen LogP contribution in [-0.2, 0) is 25.0 Å². The molecular formula is C21H32N2O4S. The number of hydrogen-bond donors (Lipinski definition) is 0. The average Bonchev–Trinajstić information content (AvgIpc) is 2.88. The molecule has 0 aromatic heterocycles. The fourth-order valence-electron chi connectivity index (χ4n) is 4.19. The van der Waals surface area contributed by atoms with Crippen LogP contribution in [0.25, 0.3) is 0 Å². The van der Waals surface area contributed by atoms with Crippen LogP contribution in [0.1, 0.15) is 45.6 Å². The molecule has 156 valence electrons. The molecule has 2 fully saturated rings. The SMILES string of the molecule is CN(C)CC1CC2(CCN(S(=O)(=O)c3ccc(C(C)(C)C)cc3)CC2)C(=O)O1. The Morgan fingerprint density at radius 2 is 1.71 bits per heavy atom. The first-order valence-corrected chi connectivity index (χ1v) is 11.3. The molecule has 6 nitrogen and oxygen atoms in total. The molecule has 1 unspecified atom stereocenters. The molecular weight excluding hydrogens is 376 g/mol. The molecule has 2 aliphatic heterocycles. The fourth-order valence-corrected chi connectivity index (χ4v) is 5.63. The van der Waals surface area contributed by atoms with Gasteiger partial charge in [0, 0.05) is 26.1 Å². The molecule has 2 saturated heterocycles. The number of rotatable bonds is 4. The maximum atomic E-state index is 13.0. The highest BCUT2D eigenvalue weighted by Gasteiger charge is 2.51. The van der Waals surface area contributed by atoms with Crippen molar-refractivity contribution in [2.75, 3.05) is 33.7 Å². The van der Waals surface area contributed by atoms with Gasteiger partial charge in [0.25, 0.3) is 0 Å². The van der Waals surface area contributed by atoms with Crippen LogP contribution < -0.4 is 0 Å². The van der Waals surface area contributed by atoms with Crippen LogP contribution in [0, 0.1) is 5.41 Å². The van der Waals surface area contributed by atoms with Crippen LogP contribution in [0.2, 0.25) is 0 Å². The Kier molecular flexibility index (Phi) is 5.64. The third-order valence-corrected chi connectivity index (χ3v) is 7.84. The summed E-state index contributed by atoms with van der Waals surface area (Å²) in [6, 6.07) is 7.16. The van der Waals surface area contributed by atoms with Crippen molar-refractivity contribution in [3.05, 3.63) is 29.8 Å². The van der Waals surface area contributed by atoms with Gasteiger partial charge in [-0.05, 0) is 50.0 Å². The van der Waals surface area contributed by atoms with Gasteiger partial charge in [-0.3, -0.25) is 4.79 Å². The predicted octanol–water partition coefficient (Wildman–Crippen LogP) is 2.63. The van der Waals surface area contributed by atoms with Crippen LogP contribution in [0.15, 0.2) is 29.2 Å². The number of esters is 1. The van der Waals surface area contributed by atoms with E-state index in [-0.39, 0.29) is 17.5 Å². The number of likely N-dealkylation sites (N-methyl/N-ethyl adjacent to an activating group) is 1. The van der Waals surface area contributed by atoms with Crippen LogP contribution in [0.3, 0.4) is 0 Å². The number of hydrogen-bond acceptors (Lipinski definition) is 5. The topological polar surface area (TPSA) is 66.9 Å². The molecule has 0 bridgehead atoms. The second kappa shape index (κ2) is 7.43. The Bertz CT molecular complexity index is 817. The summed E-state index contributed by atoms with van der Waals surface area (Å²) in [7, 11) is 0.367. The van der Waals surface area contributed by atoms with Gasteiger partial charge < -0.3 is 9.64 Å². The largest absolute Gasteiger partial charge is 0.461 e. The summed E-state index contributed by atoms with van der Waals surface area (Å²) in [4.78, 5) is 14.8. The molecule has 7 heteroatoms. The molecule has 1 aromatic rings. The summed E-state index contributed by atoms with van der Waals surface area (Å²) in [6.07, 6.45) is 1.62. The van der Waals surface area contributed by atoms with E-state index in [1.807, 2.05) is 31.1 Å². The van der Waals surface area contributed by atoms with Gasteiger partial charge in [-0.2, -0.15) is 4.31 Å². The molecule has 0 N–H and O–H groups in total. The van der Waals surface area contributed by atoms with Gasteiger partial charge in [0.05, 0.1) is 10.3 Å². The lowest BCUT2D eigenvalue weighted by atomic mass is 9.76. The zero-order valence-electron chi connectivity index (χ0n) is 17.6. The zero-order chi connectivity index (χ0) is 20.7. The minimum Gasteiger partial charge on any atom is -0.461 e. The van der Waals surface area contributed by atoms with E-state index in [1.165, 1.54) is 4.31 Å². The number of sulfonamides is 1. The van der Waals surface area contributed by atoms with Crippen LogP contribution in [-0.4, -0.2) is 63.4 Å². The Balaban J connectivity index is 1.69. The molecule has 1 aromatic carbocycles. The van der Waals surface area contributed by atoms with Crippen LogP contribution in [0.4, 0.5) is 0 Å². The van der Waals surface area contributed by atoms with Gasteiger partial charge in [0.15, 0.2) is 0 Å². The molecule has 1 spiro atoms. The van der Waals surface area contributed by atoms with E-state index < -0.39 is 15.4 Å². The quantitative estimate of drug-likeness (QED) is 0.717. The first-order valence-electron chi connectivity index (χ1n) is 9.91. The van der Waals surface area contributed by atoms with Crippen molar-refractivity contribution in [2.24, 2.45) is 5.41 Å². The molecule has 0 amide bonds. The van der Waals surface area contributed by atoms with Gasteiger partial charge in [-0.1, -0.05) is 32.9 Å². The van der Waals surface area contributed by atoms with E-state index in [1.54, 1.807) is 12.1 Å². The van der Waals surface area contributed by atoms with Crippen LogP contribution >= 0.6 is 0 Å². The third kappa shape index (κ3) is 4.11. The third-order valence-electron chi connectivity index (χ3n) is 5.93. The standard InChI is InChI=1S/C21H32N2O4S/c1-20(2,3)16-6-8-18(9-7-16)28(25,26)23-12-10-21(11-13-23)14-17(15-22(4)5)27-19(21)24/h6-9,17H,10-15H2,1-5H3. The molecule has 1 atom stereocenters. The molecule has 3 rings (SSSR count). The highest BCUT2D eigenvalue weighted by molar-refractivity contribution is 7.89. The minimum atomic E-state index is -3.55. The molecule has 28 heavy (non-hydrogen) atoms. The van der Waals surface area contributed by atoms with Crippen molar-refractivity contribution in [3.8, 4) is 0 Å². The lowest BCUT2D eigenvalue weighted by Crippen LogP contribution is -2.45. The van der Waals surface area contributed by atoms with Crippen molar-refractivity contribution < 1.29 is 17.9 Å². The van der Waals surface area contributed by atoms with Crippen molar-refractivity contribution in [3.63, 3.8) is 0 Å². The molecule has 0 saturated carbocycles. The van der Waals surface area contributed by atoms with E-state index in [0.29, 0.717) is 43.8 Å². The van der Waals surface area contributed by atoms with Crippen LogP contribution in [0.5, 0.6) is 0 Å². The van der Waals surface area contributed by atoms with Crippen molar-refractivity contribution in [1.29, 1.82) is 0 Å². The zero-order valence-corrected chi connectivity index (χ0v) is 18.4. The fraction of sp³-hybridized carbons (Fsp3) is 0.667. The Morgan fingerprint density at radius 1 is 1.14 bits per heavy atom. The Hall–Kier alpha value is -1.44. The molecule has 0 aliphatic carbocycles. The summed E-state index contributed by atoms with van der Waals surface area (Å²) >= 11 is 0. The highest BCUT2D eigenvalue weighted by atomic mass is 32.2. The summed E-state index contributed by atoms with van der Waals surface area (Å²) in [5, 5.41) is 0. The normalized spacial score (nSPS) is 23.4. The first-order chi connectivity index (χ1) is 12.9. The summed E-state index contributed by atoms with van der Waals surface area (Å²) in [5.74, 6) is -0.161. The first kappa shape index (κ1) is 21.3. The van der Waals surface area contributed by atoms with E-state index in [0.717, 1.165) is 5.56 Å². The van der Waals surface area contributed by atoms with Gasteiger partial charge >= 0.3 is 5.97 Å². The summed E-state index contributed by atoms with van der Waals surface area (Å²) < 4.78 is 33.2. The van der Waals surface area contributed by atoms with E-state index >= 15 is 0 Å². The van der Waals surface area contributed by atoms with Crippen molar-refractivity contribution >= 4 is 16.0 Å². The lowest BCUT2D eigenvalue weighted by molar-refractivity contribution is -0.150. The van der Waals surface area contributed by atoms with Crippen molar-refractivity contribution in [2.45, 2.75) is 56.4 Å². The second-order valence-corrected chi connectivity index (χ2v) is 11.4. The maximum Gasteiger partial charge on any atom is 0.312 e. The van der Waals surface area contributed by atoms with Gasteiger partial charge in [0.2, 0.25) is 10.0 Å². The summed E-state index contributed by atoms with van der Waals surface area (Å²) in [5.41, 5.74) is 0.554. The number of carbonyl (C=O) groups excluding carboxylic acids is 1. The lowest BCUT2D eigenvalue weighted by Gasteiger charge is -2.35. The van der Waals surface area contributed by atoms with Gasteiger partial charge in [-0.15, -0.1) is 0 Å². The number of ether oxygens (including phenoxy) is 1. The Morgan fingerprint density at radius 3 is 2.21 bits per heavy atom. The smallest absolute Gasteiger partial charge is 0.312 e. The predicted molar refractivity (Wildman–Crippen MR) is 109 cm³/mol. The number of nitrogens with zero attached hydrogens (tertiary/aromatic N) is 2. The van der Waals surface area contributed by atoms with E-state index in [2.05, 4.69) is 20.8 Å². The minimum absolute atomic E-state index is 0.0221. The van der Waals surface area contributed by atoms with Gasteiger partial charge in [-0.25, -0.2) is 8.42 Å². The van der Waals surface area contributed by atoms with Gasteiger partial charge in [0.1, 0.15) is 6.10 Å². The second-order valence-electron chi connectivity index (χ2n) is 9.45. The number of benzene rings is 1. The number of carbonyl (C=O) groups is 1. The van der Waals surface area contributed by atoms with E-state index in [4.69, 9.17) is 4.74 Å². The maximum absolute atomic E-state index is 13.0. The average molecular weight is 409 g/mol. The molecule has 2 aliphatic rings. The highest BCUT2D eigenvalue weighted by Crippen LogP contribution is 2.44. The molecule has 0 radical (unpaired) electrons.